The van der Waals surface area contributed by atoms with Gasteiger partial charge in [0.25, 0.3) is 0 Å². The summed E-state index contributed by atoms with van der Waals surface area (Å²) < 4.78 is 12.8. The molecule has 0 aliphatic rings. The van der Waals surface area contributed by atoms with E-state index in [9.17, 15) is 4.39 Å². The minimum absolute atomic E-state index is 0.194. The van der Waals surface area contributed by atoms with Crippen molar-refractivity contribution in [3.63, 3.8) is 0 Å². The van der Waals surface area contributed by atoms with E-state index in [0.29, 0.717) is 0 Å². The van der Waals surface area contributed by atoms with Crippen LogP contribution in [0.1, 0.15) is 35.3 Å². The lowest BCUT2D eigenvalue weighted by molar-refractivity contribution is 0.570. The van der Waals surface area contributed by atoms with Crippen LogP contribution in [0.15, 0.2) is 30.5 Å². The third-order valence-electron chi connectivity index (χ3n) is 2.88. The second kappa shape index (κ2) is 6.07. The molecule has 1 heterocycles. The first kappa shape index (κ1) is 13.2. The topological polar surface area (TPSA) is 24.9 Å². The van der Waals surface area contributed by atoms with Crippen LogP contribution >= 0.6 is 11.3 Å². The molecule has 0 aliphatic heterocycles. The zero-order valence-electron chi connectivity index (χ0n) is 10.6. The molecular weight excluding hydrogens is 247 g/mol. The number of benzene rings is 1. The minimum atomic E-state index is -0.196. The summed E-state index contributed by atoms with van der Waals surface area (Å²) in [5.41, 5.74) is 1.09. The number of hydrogen-bond acceptors (Lipinski definition) is 3. The smallest absolute Gasteiger partial charge is 0.123 e. The fourth-order valence-corrected chi connectivity index (χ4v) is 2.52. The van der Waals surface area contributed by atoms with Gasteiger partial charge in [-0.2, -0.15) is 0 Å². The third-order valence-corrected chi connectivity index (χ3v) is 4.02. The number of hydrogen-bond donors (Lipinski definition) is 1. The molecule has 4 heteroatoms. The van der Waals surface area contributed by atoms with Crippen molar-refractivity contribution in [1.82, 2.24) is 10.3 Å². The first-order chi connectivity index (χ1) is 8.69. The van der Waals surface area contributed by atoms with Crippen LogP contribution in [0, 0.1) is 5.82 Å². The van der Waals surface area contributed by atoms with Gasteiger partial charge in [-0.15, -0.1) is 11.3 Å². The maximum atomic E-state index is 12.8. The highest BCUT2D eigenvalue weighted by Crippen LogP contribution is 2.16. The molecule has 0 spiro atoms. The zero-order valence-corrected chi connectivity index (χ0v) is 11.4. The average molecular weight is 264 g/mol. The summed E-state index contributed by atoms with van der Waals surface area (Å²) in [6, 6.07) is 6.80. The summed E-state index contributed by atoms with van der Waals surface area (Å²) in [4.78, 5) is 5.67. The first-order valence-corrected chi connectivity index (χ1v) is 6.93. The second-order valence-corrected chi connectivity index (χ2v) is 5.43. The van der Waals surface area contributed by atoms with E-state index in [1.807, 2.05) is 18.3 Å². The van der Waals surface area contributed by atoms with E-state index in [-0.39, 0.29) is 11.9 Å². The summed E-state index contributed by atoms with van der Waals surface area (Å²) in [6.07, 6.45) is 2.97. The number of aromatic nitrogens is 1. The highest BCUT2D eigenvalue weighted by atomic mass is 32.1. The Kier molecular flexibility index (Phi) is 4.44. The van der Waals surface area contributed by atoms with Gasteiger partial charge in [-0.3, -0.25) is 0 Å². The third kappa shape index (κ3) is 3.37. The Bertz CT molecular complexity index is 493. The molecule has 1 N–H and O–H groups in total. The normalized spacial score (nSPS) is 12.6. The van der Waals surface area contributed by atoms with Crippen molar-refractivity contribution in [2.24, 2.45) is 0 Å². The Balaban J connectivity index is 1.91. The van der Waals surface area contributed by atoms with E-state index in [0.717, 1.165) is 23.5 Å². The molecule has 1 aromatic carbocycles. The van der Waals surface area contributed by atoms with Crippen LogP contribution in [0.4, 0.5) is 4.39 Å². The van der Waals surface area contributed by atoms with Crippen LogP contribution in [-0.4, -0.2) is 4.98 Å². The van der Waals surface area contributed by atoms with E-state index in [4.69, 9.17) is 0 Å². The van der Waals surface area contributed by atoms with Crippen molar-refractivity contribution >= 4 is 11.3 Å². The molecule has 0 amide bonds. The molecule has 2 aromatic rings. The van der Waals surface area contributed by atoms with Crippen LogP contribution in [-0.2, 0) is 13.0 Å². The van der Waals surface area contributed by atoms with E-state index in [1.54, 1.807) is 11.3 Å². The van der Waals surface area contributed by atoms with Gasteiger partial charge in [0.1, 0.15) is 10.8 Å². The molecule has 0 fully saturated rings. The molecule has 1 unspecified atom stereocenters. The van der Waals surface area contributed by atoms with Gasteiger partial charge in [-0.05, 0) is 31.0 Å². The van der Waals surface area contributed by atoms with Crippen LogP contribution in [0.2, 0.25) is 0 Å². The van der Waals surface area contributed by atoms with Gasteiger partial charge >= 0.3 is 0 Å². The van der Waals surface area contributed by atoms with Crippen LogP contribution in [0.25, 0.3) is 0 Å². The van der Waals surface area contributed by atoms with Gasteiger partial charge < -0.3 is 5.32 Å². The van der Waals surface area contributed by atoms with Crippen molar-refractivity contribution in [3.05, 3.63) is 51.7 Å². The maximum absolute atomic E-state index is 12.8. The van der Waals surface area contributed by atoms with E-state index in [2.05, 4.69) is 24.1 Å². The van der Waals surface area contributed by atoms with Crippen molar-refractivity contribution < 1.29 is 4.39 Å². The largest absolute Gasteiger partial charge is 0.304 e. The predicted octanol–water partition coefficient (Wildman–Crippen LogP) is 3.70. The van der Waals surface area contributed by atoms with Crippen molar-refractivity contribution in [3.8, 4) is 0 Å². The van der Waals surface area contributed by atoms with Crippen molar-refractivity contribution in [2.75, 3.05) is 0 Å². The number of aryl methyl sites for hydroxylation is 1. The van der Waals surface area contributed by atoms with Gasteiger partial charge in [0.05, 0.1) is 0 Å². The summed E-state index contributed by atoms with van der Waals surface area (Å²) in [5.74, 6) is -0.196. The van der Waals surface area contributed by atoms with Crippen molar-refractivity contribution in [1.29, 1.82) is 0 Å². The number of thiazole rings is 1. The maximum Gasteiger partial charge on any atom is 0.123 e. The SMILES string of the molecule is CCc1cnc(CNC(C)c2ccc(F)cc2)s1. The Labute approximate surface area is 111 Å². The van der Waals surface area contributed by atoms with Gasteiger partial charge in [0.2, 0.25) is 0 Å². The lowest BCUT2D eigenvalue weighted by Crippen LogP contribution is -2.17. The number of nitrogens with one attached hydrogen (secondary N) is 1. The molecule has 2 nitrogen and oxygen atoms in total. The van der Waals surface area contributed by atoms with Crippen LogP contribution in [0.5, 0.6) is 0 Å². The van der Waals surface area contributed by atoms with E-state index >= 15 is 0 Å². The predicted molar refractivity (Wildman–Crippen MR) is 73.1 cm³/mol. The molecule has 0 saturated carbocycles. The molecule has 1 aromatic heterocycles. The molecule has 2 rings (SSSR count). The summed E-state index contributed by atoms with van der Waals surface area (Å²) in [7, 11) is 0. The van der Waals surface area contributed by atoms with Gasteiger partial charge in [0.15, 0.2) is 0 Å². The fraction of sp³-hybridized carbons (Fsp3) is 0.357. The first-order valence-electron chi connectivity index (χ1n) is 6.11. The summed E-state index contributed by atoms with van der Waals surface area (Å²) in [6.45, 7) is 4.96. The lowest BCUT2D eigenvalue weighted by atomic mass is 10.1. The quantitative estimate of drug-likeness (QED) is 0.890. The average Bonchev–Trinajstić information content (AvgIpc) is 2.85. The van der Waals surface area contributed by atoms with E-state index in [1.165, 1.54) is 17.0 Å². The number of halogens is 1. The highest BCUT2D eigenvalue weighted by molar-refractivity contribution is 7.11. The van der Waals surface area contributed by atoms with Gasteiger partial charge in [0, 0.05) is 23.7 Å². The summed E-state index contributed by atoms with van der Waals surface area (Å²) in [5, 5.41) is 4.50. The Morgan fingerprint density at radius 2 is 2.06 bits per heavy atom. The second-order valence-electron chi connectivity index (χ2n) is 4.23. The molecule has 0 saturated heterocycles. The zero-order chi connectivity index (χ0) is 13.0. The molecule has 0 aliphatic carbocycles. The number of nitrogens with zero attached hydrogens (tertiary/aromatic N) is 1. The summed E-state index contributed by atoms with van der Waals surface area (Å²) >= 11 is 1.74. The Morgan fingerprint density at radius 1 is 1.33 bits per heavy atom. The Hall–Kier alpha value is -1.26. The Morgan fingerprint density at radius 3 is 2.67 bits per heavy atom. The molecule has 18 heavy (non-hydrogen) atoms. The molecule has 96 valence electrons. The molecule has 0 radical (unpaired) electrons. The fourth-order valence-electron chi connectivity index (χ4n) is 1.70. The molecule has 1 atom stereocenters. The van der Waals surface area contributed by atoms with Gasteiger partial charge in [-0.25, -0.2) is 9.37 Å². The van der Waals surface area contributed by atoms with Crippen LogP contribution in [0.3, 0.4) is 0 Å². The number of rotatable bonds is 5. The standard InChI is InChI=1S/C14H17FN2S/c1-3-13-8-17-14(18-13)9-16-10(2)11-4-6-12(15)7-5-11/h4-8,10,16H,3,9H2,1-2H3. The molecular formula is C14H17FN2S. The van der Waals surface area contributed by atoms with E-state index < -0.39 is 0 Å². The lowest BCUT2D eigenvalue weighted by Gasteiger charge is -2.12. The van der Waals surface area contributed by atoms with Crippen molar-refractivity contribution in [2.45, 2.75) is 32.9 Å². The minimum Gasteiger partial charge on any atom is -0.304 e. The van der Waals surface area contributed by atoms with Crippen LogP contribution < -0.4 is 5.32 Å². The molecule has 0 bridgehead atoms. The monoisotopic (exact) mass is 264 g/mol. The van der Waals surface area contributed by atoms with Gasteiger partial charge in [-0.1, -0.05) is 19.1 Å². The highest BCUT2D eigenvalue weighted by Gasteiger charge is 2.06.